The first-order chi connectivity index (χ1) is 16.7. The number of benzene rings is 2. The molecule has 6 nitrogen and oxygen atoms in total. The lowest BCUT2D eigenvalue weighted by molar-refractivity contribution is -0.126. The van der Waals surface area contributed by atoms with Crippen molar-refractivity contribution < 1.29 is 9.59 Å². The van der Waals surface area contributed by atoms with Crippen LogP contribution in [0, 0.1) is 0 Å². The molecule has 0 aliphatic rings. The number of fused-ring (bicyclic) bond motifs is 1. The maximum Gasteiger partial charge on any atom is 0.220 e. The van der Waals surface area contributed by atoms with E-state index >= 15 is 0 Å². The van der Waals surface area contributed by atoms with E-state index in [-0.39, 0.29) is 24.7 Å². The molecule has 0 saturated heterocycles. The predicted octanol–water partition coefficient (Wildman–Crippen LogP) is 7.43. The summed E-state index contributed by atoms with van der Waals surface area (Å²) in [7, 11) is 0. The largest absolute Gasteiger partial charge is 0.356 e. The summed E-state index contributed by atoms with van der Waals surface area (Å²) in [5.41, 5.74) is 2.86. The second-order valence-electron chi connectivity index (χ2n) is 7.80. The number of carbonyl (C=O) groups excluding carboxylic acids is 2. The molecule has 2 N–H and O–H groups in total. The zero-order valence-corrected chi connectivity index (χ0v) is 26.3. The number of halogens is 6. The molecule has 1 aromatic heterocycles. The lowest BCUT2D eigenvalue weighted by atomic mass is 10.1. The molecule has 3 rings (SSSR count). The SMILES string of the molecule is O=C(CCC(=O)NCCc1ccc(Cl)c(Cl)c1)NCCCCn1cnc2c(Br)c(Br)c(Br)c(Br)c21. The van der Waals surface area contributed by atoms with Crippen LogP contribution in [0.2, 0.25) is 10.0 Å². The quantitative estimate of drug-likeness (QED) is 0.121. The molecule has 0 fully saturated rings. The van der Waals surface area contributed by atoms with Crippen molar-refractivity contribution in [1.82, 2.24) is 20.2 Å². The molecular formula is C23H22Br4Cl2N4O2. The van der Waals surface area contributed by atoms with Crippen LogP contribution in [-0.2, 0) is 22.6 Å². The molecular weight excluding hydrogens is 755 g/mol. The van der Waals surface area contributed by atoms with Crippen molar-refractivity contribution in [2.24, 2.45) is 0 Å². The van der Waals surface area contributed by atoms with Crippen LogP contribution in [0.3, 0.4) is 0 Å². The van der Waals surface area contributed by atoms with Crippen LogP contribution < -0.4 is 10.6 Å². The summed E-state index contributed by atoms with van der Waals surface area (Å²) in [4.78, 5) is 28.6. The van der Waals surface area contributed by atoms with Crippen molar-refractivity contribution in [3.8, 4) is 0 Å². The van der Waals surface area contributed by atoms with E-state index < -0.39 is 0 Å². The van der Waals surface area contributed by atoms with Crippen LogP contribution in [0.4, 0.5) is 0 Å². The van der Waals surface area contributed by atoms with Gasteiger partial charge in [0, 0.05) is 41.4 Å². The van der Waals surface area contributed by atoms with Gasteiger partial charge in [-0.15, -0.1) is 0 Å². The first kappa shape index (κ1) is 28.9. The van der Waals surface area contributed by atoms with Crippen LogP contribution in [-0.4, -0.2) is 34.5 Å². The van der Waals surface area contributed by atoms with E-state index in [0.29, 0.717) is 29.6 Å². The number of unbranched alkanes of at least 4 members (excludes halogenated alkanes) is 1. The van der Waals surface area contributed by atoms with Gasteiger partial charge in [0.15, 0.2) is 0 Å². The smallest absolute Gasteiger partial charge is 0.220 e. The summed E-state index contributed by atoms with van der Waals surface area (Å²) < 4.78 is 5.75. The number of amides is 2. The third-order valence-corrected chi connectivity index (χ3v) is 10.7. The summed E-state index contributed by atoms with van der Waals surface area (Å²) in [5, 5.41) is 6.71. The molecule has 0 atom stereocenters. The summed E-state index contributed by atoms with van der Waals surface area (Å²) in [5.74, 6) is -0.278. The highest BCUT2D eigenvalue weighted by Crippen LogP contribution is 2.43. The topological polar surface area (TPSA) is 76.0 Å². The Hall–Kier alpha value is -0.650. The van der Waals surface area contributed by atoms with Gasteiger partial charge in [0.05, 0.1) is 30.8 Å². The van der Waals surface area contributed by atoms with Gasteiger partial charge in [-0.1, -0.05) is 29.3 Å². The number of nitrogens with zero attached hydrogens (tertiary/aromatic N) is 2. The minimum Gasteiger partial charge on any atom is -0.356 e. The van der Waals surface area contributed by atoms with Crippen molar-refractivity contribution in [2.75, 3.05) is 13.1 Å². The molecule has 0 bridgehead atoms. The highest BCUT2D eigenvalue weighted by atomic mass is 79.9. The number of imidazole rings is 1. The van der Waals surface area contributed by atoms with Gasteiger partial charge < -0.3 is 15.2 Å². The molecule has 1 heterocycles. The van der Waals surface area contributed by atoms with Gasteiger partial charge >= 0.3 is 0 Å². The average molecular weight is 777 g/mol. The van der Waals surface area contributed by atoms with Crippen LogP contribution in [0.5, 0.6) is 0 Å². The first-order valence-electron chi connectivity index (χ1n) is 10.8. The van der Waals surface area contributed by atoms with Gasteiger partial charge in [-0.2, -0.15) is 0 Å². The van der Waals surface area contributed by atoms with E-state index in [0.717, 1.165) is 53.9 Å². The zero-order chi connectivity index (χ0) is 25.5. The molecule has 0 aliphatic heterocycles. The minimum absolute atomic E-state index is 0.127. The third-order valence-electron chi connectivity index (χ3n) is 5.28. The molecule has 35 heavy (non-hydrogen) atoms. The van der Waals surface area contributed by atoms with Crippen LogP contribution in [0.15, 0.2) is 42.4 Å². The lowest BCUT2D eigenvalue weighted by Gasteiger charge is -2.10. The number of aryl methyl sites for hydroxylation is 1. The normalized spacial score (nSPS) is 11.1. The summed E-state index contributed by atoms with van der Waals surface area (Å²) in [6.45, 7) is 1.80. The van der Waals surface area contributed by atoms with Crippen LogP contribution in [0.1, 0.15) is 31.2 Å². The molecule has 3 aromatic rings. The Morgan fingerprint density at radius 3 is 2.20 bits per heavy atom. The Morgan fingerprint density at radius 1 is 0.857 bits per heavy atom. The fraction of sp³-hybridized carbons (Fsp3) is 0.348. The number of carbonyl (C=O) groups is 2. The molecule has 0 radical (unpaired) electrons. The van der Waals surface area contributed by atoms with Gasteiger partial charge in [-0.25, -0.2) is 4.98 Å². The van der Waals surface area contributed by atoms with Crippen molar-refractivity contribution in [1.29, 1.82) is 0 Å². The Balaban J connectivity index is 1.32. The molecule has 188 valence electrons. The van der Waals surface area contributed by atoms with E-state index in [9.17, 15) is 9.59 Å². The number of hydrogen-bond acceptors (Lipinski definition) is 3. The predicted molar refractivity (Wildman–Crippen MR) is 155 cm³/mol. The summed E-state index contributed by atoms with van der Waals surface area (Å²) in [6.07, 6.45) is 4.47. The van der Waals surface area contributed by atoms with Crippen LogP contribution >= 0.6 is 86.9 Å². The Kier molecular flexibility index (Phi) is 11.4. The van der Waals surface area contributed by atoms with Gasteiger partial charge in [0.25, 0.3) is 0 Å². The molecule has 2 aromatic carbocycles. The summed E-state index contributed by atoms with van der Waals surface area (Å²) >= 11 is 26.3. The highest BCUT2D eigenvalue weighted by molar-refractivity contribution is 9.15. The highest BCUT2D eigenvalue weighted by Gasteiger charge is 2.17. The minimum atomic E-state index is -0.151. The molecule has 12 heteroatoms. The summed E-state index contributed by atoms with van der Waals surface area (Å²) in [6, 6.07) is 5.40. The molecule has 2 amide bonds. The molecule has 0 unspecified atom stereocenters. The maximum atomic E-state index is 12.1. The fourth-order valence-electron chi connectivity index (χ4n) is 3.42. The van der Waals surface area contributed by atoms with E-state index in [1.54, 1.807) is 12.1 Å². The monoisotopic (exact) mass is 772 g/mol. The van der Waals surface area contributed by atoms with E-state index in [2.05, 4.69) is 83.9 Å². The second-order valence-corrected chi connectivity index (χ2v) is 11.8. The molecule has 0 saturated carbocycles. The number of aromatic nitrogens is 2. The van der Waals surface area contributed by atoms with E-state index in [1.165, 1.54) is 0 Å². The van der Waals surface area contributed by atoms with Crippen molar-refractivity contribution >= 4 is 110 Å². The van der Waals surface area contributed by atoms with Crippen molar-refractivity contribution in [3.05, 3.63) is 58.0 Å². The molecule has 0 aliphatic carbocycles. The van der Waals surface area contributed by atoms with Gasteiger partial charge in [0.2, 0.25) is 11.8 Å². The number of rotatable bonds is 11. The zero-order valence-electron chi connectivity index (χ0n) is 18.4. The van der Waals surface area contributed by atoms with Crippen molar-refractivity contribution in [3.63, 3.8) is 0 Å². The number of nitrogens with one attached hydrogen (secondary N) is 2. The standard InChI is InChI=1S/C23H22Br4Cl2N4O2/c24-18-19(25)21(27)23-22(20(18)26)32-12-33(23)10-2-1-8-30-16(34)5-6-17(35)31-9-7-13-3-4-14(28)15(29)11-13/h3-4,11-12H,1-2,5-10H2,(H,30,34)(H,31,35). The van der Waals surface area contributed by atoms with E-state index in [1.807, 2.05) is 12.4 Å². The average Bonchev–Trinajstić information content (AvgIpc) is 3.26. The Bertz CT molecular complexity index is 1240. The lowest BCUT2D eigenvalue weighted by Crippen LogP contribution is -2.29. The first-order valence-corrected chi connectivity index (χ1v) is 14.8. The van der Waals surface area contributed by atoms with E-state index in [4.69, 9.17) is 23.2 Å². The second kappa shape index (κ2) is 13.8. The fourth-order valence-corrected chi connectivity index (χ4v) is 6.15. The third kappa shape index (κ3) is 7.92. The maximum absolute atomic E-state index is 12.1. The molecule has 0 spiro atoms. The van der Waals surface area contributed by atoms with Gasteiger partial charge in [-0.05, 0) is 101 Å². The Labute approximate surface area is 247 Å². The van der Waals surface area contributed by atoms with Gasteiger partial charge in [-0.3, -0.25) is 9.59 Å². The van der Waals surface area contributed by atoms with Gasteiger partial charge in [0.1, 0.15) is 5.52 Å². The van der Waals surface area contributed by atoms with Crippen molar-refractivity contribution in [2.45, 2.75) is 38.6 Å². The Morgan fingerprint density at radius 2 is 1.51 bits per heavy atom. The van der Waals surface area contributed by atoms with Crippen LogP contribution in [0.25, 0.3) is 11.0 Å². The number of hydrogen-bond donors (Lipinski definition) is 2.